The first-order valence-electron chi connectivity index (χ1n) is 10.0. The maximum absolute atomic E-state index is 13.4. The number of nitrogens with zero attached hydrogens (tertiary/aromatic N) is 1. The van der Waals surface area contributed by atoms with E-state index >= 15 is 0 Å². The Balaban J connectivity index is 2.16. The van der Waals surface area contributed by atoms with Crippen LogP contribution in [0.2, 0.25) is 0 Å². The van der Waals surface area contributed by atoms with Crippen molar-refractivity contribution in [2.75, 3.05) is 13.7 Å². The Bertz CT molecular complexity index is 1130. The number of nitrogens with one attached hydrogen (secondary N) is 1. The first-order chi connectivity index (χ1) is 14.8. The fourth-order valence-corrected chi connectivity index (χ4v) is 3.69. The fourth-order valence-electron chi connectivity index (χ4n) is 3.18. The summed E-state index contributed by atoms with van der Waals surface area (Å²) in [6.07, 6.45) is 1.88. The van der Waals surface area contributed by atoms with Crippen LogP contribution in [0.15, 0.2) is 59.5 Å². The Kier molecular flexibility index (Phi) is 7.37. The van der Waals surface area contributed by atoms with Gasteiger partial charge in [0.1, 0.15) is 5.82 Å². The predicted octanol–water partition coefficient (Wildman–Crippen LogP) is 4.10. The Hall–Kier alpha value is -2.81. The van der Waals surface area contributed by atoms with Crippen molar-refractivity contribution in [3.8, 4) is 28.3 Å². The number of hydrogen-bond donors (Lipinski definition) is 2. The molecule has 2 aromatic carbocycles. The molecule has 6 nitrogen and oxygen atoms in total. The fraction of sp³-hybridized carbons (Fsp3) is 0.261. The maximum atomic E-state index is 13.4. The molecular formula is C23H26FN3O3S. The standard InChI is InChI=1S/C23H26FN3O3S/c1-3-4-13-30-23-21(15-26-2)20(16-7-11-19(12-8-16)31(25,28)29)14-22(27-23)17-5-9-18(24)10-6-17/h5-12,14,26H,3-4,13,15H2,1-2H3,(H2,25,28,29). The van der Waals surface area contributed by atoms with Gasteiger partial charge in [0.05, 0.1) is 17.2 Å². The number of benzene rings is 2. The summed E-state index contributed by atoms with van der Waals surface area (Å²) in [5.41, 5.74) is 3.88. The third kappa shape index (κ3) is 5.66. The van der Waals surface area contributed by atoms with Crippen LogP contribution in [0.25, 0.3) is 22.4 Å². The SMILES string of the molecule is CCCCOc1nc(-c2ccc(F)cc2)cc(-c2ccc(S(N)(=O)=O)cc2)c1CNC. The number of nitrogens with two attached hydrogens (primary N) is 1. The zero-order chi connectivity index (χ0) is 22.4. The summed E-state index contributed by atoms with van der Waals surface area (Å²) >= 11 is 0. The summed E-state index contributed by atoms with van der Waals surface area (Å²) in [6.45, 7) is 3.11. The van der Waals surface area contributed by atoms with E-state index in [2.05, 4.69) is 12.2 Å². The Morgan fingerprint density at radius 2 is 1.71 bits per heavy atom. The second-order valence-electron chi connectivity index (χ2n) is 7.15. The van der Waals surface area contributed by atoms with E-state index in [9.17, 15) is 12.8 Å². The molecule has 0 aliphatic carbocycles. The molecule has 0 atom stereocenters. The van der Waals surface area contributed by atoms with Crippen LogP contribution in [0, 0.1) is 5.82 Å². The van der Waals surface area contributed by atoms with Gasteiger partial charge in [0.25, 0.3) is 0 Å². The van der Waals surface area contributed by atoms with Crippen molar-refractivity contribution >= 4 is 10.0 Å². The van der Waals surface area contributed by atoms with Gasteiger partial charge in [-0.15, -0.1) is 0 Å². The van der Waals surface area contributed by atoms with Crippen molar-refractivity contribution in [3.63, 3.8) is 0 Å². The molecule has 0 amide bonds. The lowest BCUT2D eigenvalue weighted by atomic mass is 9.98. The number of halogens is 1. The molecule has 0 bridgehead atoms. The highest BCUT2D eigenvalue weighted by Gasteiger charge is 2.17. The van der Waals surface area contributed by atoms with Crippen LogP contribution in [0.3, 0.4) is 0 Å². The second kappa shape index (κ2) is 10.00. The third-order valence-corrected chi connectivity index (χ3v) is 5.74. The van der Waals surface area contributed by atoms with Crippen molar-refractivity contribution in [2.24, 2.45) is 5.14 Å². The van der Waals surface area contributed by atoms with E-state index in [-0.39, 0.29) is 10.7 Å². The summed E-state index contributed by atoms with van der Waals surface area (Å²) in [5, 5.41) is 8.37. The summed E-state index contributed by atoms with van der Waals surface area (Å²) < 4.78 is 42.7. The number of aromatic nitrogens is 1. The molecule has 164 valence electrons. The van der Waals surface area contributed by atoms with Crippen LogP contribution in [0.1, 0.15) is 25.3 Å². The van der Waals surface area contributed by atoms with E-state index in [4.69, 9.17) is 14.9 Å². The summed E-state index contributed by atoms with van der Waals surface area (Å²) in [4.78, 5) is 4.75. The van der Waals surface area contributed by atoms with Crippen LogP contribution in [-0.4, -0.2) is 27.1 Å². The lowest BCUT2D eigenvalue weighted by Crippen LogP contribution is -2.12. The lowest BCUT2D eigenvalue weighted by Gasteiger charge is -2.17. The quantitative estimate of drug-likeness (QED) is 0.486. The van der Waals surface area contributed by atoms with Crippen LogP contribution < -0.4 is 15.2 Å². The normalized spacial score (nSPS) is 11.5. The van der Waals surface area contributed by atoms with Gasteiger partial charge >= 0.3 is 0 Å². The van der Waals surface area contributed by atoms with Gasteiger partial charge in [-0.05, 0) is 67.1 Å². The van der Waals surface area contributed by atoms with E-state index in [1.165, 1.54) is 24.3 Å². The minimum Gasteiger partial charge on any atom is -0.477 e. The zero-order valence-corrected chi connectivity index (χ0v) is 18.4. The minimum absolute atomic E-state index is 0.0404. The van der Waals surface area contributed by atoms with Gasteiger partial charge in [0.2, 0.25) is 15.9 Å². The van der Waals surface area contributed by atoms with Crippen molar-refractivity contribution in [2.45, 2.75) is 31.2 Å². The van der Waals surface area contributed by atoms with Crippen molar-refractivity contribution in [1.29, 1.82) is 0 Å². The highest BCUT2D eigenvalue weighted by molar-refractivity contribution is 7.89. The van der Waals surface area contributed by atoms with E-state index in [1.54, 1.807) is 24.3 Å². The smallest absolute Gasteiger partial charge is 0.238 e. The third-order valence-electron chi connectivity index (χ3n) is 4.81. The molecule has 0 aliphatic heterocycles. The van der Waals surface area contributed by atoms with Gasteiger partial charge in [-0.2, -0.15) is 0 Å². The van der Waals surface area contributed by atoms with Crippen LogP contribution in [0.4, 0.5) is 4.39 Å². The molecule has 3 rings (SSSR count). The zero-order valence-electron chi connectivity index (χ0n) is 17.6. The number of sulfonamides is 1. The van der Waals surface area contributed by atoms with E-state index in [0.29, 0.717) is 24.7 Å². The largest absolute Gasteiger partial charge is 0.477 e. The summed E-state index contributed by atoms with van der Waals surface area (Å²) in [5.74, 6) is 0.170. The topological polar surface area (TPSA) is 94.3 Å². The van der Waals surface area contributed by atoms with Crippen molar-refractivity contribution in [3.05, 3.63) is 66.0 Å². The molecule has 3 N–H and O–H groups in total. The average molecular weight is 444 g/mol. The van der Waals surface area contributed by atoms with Gasteiger partial charge in [-0.25, -0.2) is 22.9 Å². The lowest BCUT2D eigenvalue weighted by molar-refractivity contribution is 0.294. The highest BCUT2D eigenvalue weighted by Crippen LogP contribution is 2.34. The van der Waals surface area contributed by atoms with Gasteiger partial charge in [-0.1, -0.05) is 25.5 Å². The number of rotatable bonds is 9. The number of hydrogen-bond acceptors (Lipinski definition) is 5. The Labute approximate surface area is 182 Å². The maximum Gasteiger partial charge on any atom is 0.238 e. The van der Waals surface area contributed by atoms with Crippen LogP contribution in [0.5, 0.6) is 5.88 Å². The molecule has 0 aliphatic rings. The van der Waals surface area contributed by atoms with Crippen LogP contribution in [-0.2, 0) is 16.6 Å². The summed E-state index contributed by atoms with van der Waals surface area (Å²) in [6, 6.07) is 14.4. The molecule has 1 aromatic heterocycles. The molecule has 0 unspecified atom stereocenters. The molecule has 0 fully saturated rings. The van der Waals surface area contributed by atoms with E-state index in [1.807, 2.05) is 13.1 Å². The molecule has 0 radical (unpaired) electrons. The van der Waals surface area contributed by atoms with Crippen molar-refractivity contribution < 1.29 is 17.5 Å². The first kappa shape index (κ1) is 22.9. The average Bonchev–Trinajstić information content (AvgIpc) is 2.75. The number of unbranched alkanes of at least 4 members (excludes halogenated alkanes) is 1. The minimum atomic E-state index is -3.79. The summed E-state index contributed by atoms with van der Waals surface area (Å²) in [7, 11) is -1.95. The molecule has 1 heterocycles. The Morgan fingerprint density at radius 1 is 1.06 bits per heavy atom. The van der Waals surface area contributed by atoms with E-state index in [0.717, 1.165) is 35.1 Å². The number of primary sulfonamides is 1. The first-order valence-corrected chi connectivity index (χ1v) is 11.6. The van der Waals surface area contributed by atoms with Crippen molar-refractivity contribution in [1.82, 2.24) is 10.3 Å². The second-order valence-corrected chi connectivity index (χ2v) is 8.71. The predicted molar refractivity (Wildman–Crippen MR) is 120 cm³/mol. The number of ether oxygens (including phenoxy) is 1. The Morgan fingerprint density at radius 3 is 2.29 bits per heavy atom. The molecule has 0 spiro atoms. The monoisotopic (exact) mass is 443 g/mol. The molecule has 0 saturated heterocycles. The molecular weight excluding hydrogens is 417 g/mol. The molecule has 8 heteroatoms. The molecule has 3 aromatic rings. The molecule has 0 saturated carbocycles. The molecule has 31 heavy (non-hydrogen) atoms. The van der Waals surface area contributed by atoms with Gasteiger partial charge in [0, 0.05) is 17.7 Å². The van der Waals surface area contributed by atoms with Gasteiger partial charge in [0.15, 0.2) is 0 Å². The number of pyridine rings is 1. The van der Waals surface area contributed by atoms with Gasteiger partial charge < -0.3 is 10.1 Å². The van der Waals surface area contributed by atoms with Gasteiger partial charge in [-0.3, -0.25) is 0 Å². The highest BCUT2D eigenvalue weighted by atomic mass is 32.2. The van der Waals surface area contributed by atoms with E-state index < -0.39 is 10.0 Å². The van der Waals surface area contributed by atoms with Crippen LogP contribution >= 0.6 is 0 Å².